The summed E-state index contributed by atoms with van der Waals surface area (Å²) in [6.45, 7) is 0. The minimum Gasteiger partial charge on any atom is -0.166 e. The average Bonchev–Trinajstić information content (AvgIpc) is 2.42. The van der Waals surface area contributed by atoms with Gasteiger partial charge in [-0.25, -0.2) is 0 Å². The van der Waals surface area contributed by atoms with Gasteiger partial charge in [0.1, 0.15) is 0 Å². The molecule has 0 radical (unpaired) electrons. The third-order valence-electron chi connectivity index (χ3n) is 2.89. The van der Waals surface area contributed by atoms with Crippen molar-refractivity contribution in [1.82, 2.24) is 0 Å². The fraction of sp³-hybridized carbons (Fsp3) is 0.143. The van der Waals surface area contributed by atoms with Crippen LogP contribution in [0.15, 0.2) is 30.3 Å². The van der Waals surface area contributed by atoms with E-state index in [1.165, 1.54) is 18.2 Å². The number of hydrogen-bond donors (Lipinski definition) is 0. The number of hydrogen-bond acceptors (Lipinski definition) is 0. The molecule has 2 aromatic rings. The first-order valence-electron chi connectivity index (χ1n) is 5.65. The molecule has 0 bridgehead atoms. The van der Waals surface area contributed by atoms with Crippen molar-refractivity contribution < 1.29 is 13.2 Å². The van der Waals surface area contributed by atoms with Gasteiger partial charge in [0.05, 0.1) is 20.6 Å². The van der Waals surface area contributed by atoms with Gasteiger partial charge in [0.15, 0.2) is 0 Å². The zero-order chi connectivity index (χ0) is 15.8. The van der Waals surface area contributed by atoms with Crippen LogP contribution in [-0.4, -0.2) is 0 Å². The lowest BCUT2D eigenvalue weighted by atomic mass is 9.98. The molecule has 0 aliphatic rings. The zero-order valence-corrected chi connectivity index (χ0v) is 13.3. The highest BCUT2D eigenvalue weighted by molar-refractivity contribution is 6.46. The van der Waals surface area contributed by atoms with Crippen molar-refractivity contribution in [2.24, 2.45) is 0 Å². The lowest BCUT2D eigenvalue weighted by Crippen LogP contribution is -2.05. The summed E-state index contributed by atoms with van der Waals surface area (Å²) < 4.78 is 38.2. The minimum absolute atomic E-state index is 0.113. The Hall–Kier alpha value is -0.610. The van der Waals surface area contributed by atoms with E-state index in [2.05, 4.69) is 0 Å². The summed E-state index contributed by atoms with van der Waals surface area (Å²) >= 11 is 23.9. The summed E-state index contributed by atoms with van der Waals surface area (Å²) in [5.41, 5.74) is 0.291. The van der Waals surface area contributed by atoms with Gasteiger partial charge in [-0.3, -0.25) is 0 Å². The first-order chi connectivity index (χ1) is 9.75. The average molecular weight is 374 g/mol. The fourth-order valence-corrected chi connectivity index (χ4v) is 2.85. The summed E-state index contributed by atoms with van der Waals surface area (Å²) in [5.74, 6) is -0.113. The van der Waals surface area contributed by atoms with Gasteiger partial charge in [0.25, 0.3) is 0 Å². The molecule has 0 spiro atoms. The Morgan fingerprint density at radius 1 is 0.905 bits per heavy atom. The zero-order valence-electron chi connectivity index (χ0n) is 10.2. The first-order valence-corrected chi connectivity index (χ1v) is 7.32. The van der Waals surface area contributed by atoms with E-state index < -0.39 is 11.7 Å². The molecule has 112 valence electrons. The largest absolute Gasteiger partial charge is 0.416 e. The topological polar surface area (TPSA) is 0 Å². The van der Waals surface area contributed by atoms with Gasteiger partial charge in [-0.15, -0.1) is 11.6 Å². The fourth-order valence-electron chi connectivity index (χ4n) is 1.90. The molecule has 0 nitrogen and oxygen atoms in total. The number of benzene rings is 2. The molecule has 0 N–H and O–H groups in total. The molecule has 0 fully saturated rings. The monoisotopic (exact) mass is 372 g/mol. The van der Waals surface area contributed by atoms with Gasteiger partial charge >= 0.3 is 6.18 Å². The molecule has 2 rings (SSSR count). The third-order valence-corrected chi connectivity index (χ3v) is 4.30. The van der Waals surface area contributed by atoms with Crippen LogP contribution in [0.2, 0.25) is 15.1 Å². The summed E-state index contributed by atoms with van der Waals surface area (Å²) in [6, 6.07) is 6.28. The van der Waals surface area contributed by atoms with Crippen molar-refractivity contribution in [2.75, 3.05) is 0 Å². The molecule has 0 heterocycles. The van der Waals surface area contributed by atoms with E-state index in [0.717, 1.165) is 12.1 Å². The van der Waals surface area contributed by atoms with Crippen LogP contribution in [0.1, 0.15) is 11.1 Å². The Morgan fingerprint density at radius 3 is 2.10 bits per heavy atom. The van der Waals surface area contributed by atoms with E-state index in [-0.39, 0.29) is 26.5 Å². The van der Waals surface area contributed by atoms with Crippen LogP contribution < -0.4 is 0 Å². The quantitative estimate of drug-likeness (QED) is 0.390. The van der Waals surface area contributed by atoms with Crippen molar-refractivity contribution in [2.45, 2.75) is 12.1 Å². The molecule has 7 heteroatoms. The highest BCUT2D eigenvalue weighted by atomic mass is 35.5. The van der Waals surface area contributed by atoms with E-state index in [9.17, 15) is 13.2 Å². The second kappa shape index (κ2) is 6.25. The summed E-state index contributed by atoms with van der Waals surface area (Å²) in [4.78, 5) is 0. The Morgan fingerprint density at radius 2 is 1.52 bits per heavy atom. The van der Waals surface area contributed by atoms with E-state index >= 15 is 0 Å². The third kappa shape index (κ3) is 3.42. The van der Waals surface area contributed by atoms with Crippen LogP contribution in [0.4, 0.5) is 13.2 Å². The SMILES string of the molecule is FC(F)(F)c1ccc(-c2c(Cl)ccc(Cl)c2Cl)c(CCl)c1. The molecule has 0 unspecified atom stereocenters. The maximum atomic E-state index is 12.7. The van der Waals surface area contributed by atoms with Crippen molar-refractivity contribution in [3.63, 3.8) is 0 Å². The molecule has 0 aromatic heterocycles. The Labute approximate surface area is 139 Å². The van der Waals surface area contributed by atoms with E-state index in [0.29, 0.717) is 11.1 Å². The summed E-state index contributed by atoms with van der Waals surface area (Å²) in [6.07, 6.45) is -4.44. The highest BCUT2D eigenvalue weighted by Gasteiger charge is 2.31. The predicted octanol–water partition coefficient (Wildman–Crippen LogP) is 7.07. The second-order valence-corrected chi connectivity index (χ2v) is 5.68. The minimum atomic E-state index is -4.44. The van der Waals surface area contributed by atoms with Crippen molar-refractivity contribution in [3.8, 4) is 11.1 Å². The number of halogens is 7. The molecular weight excluding hydrogens is 367 g/mol. The second-order valence-electron chi connectivity index (χ2n) is 4.22. The number of rotatable bonds is 2. The van der Waals surface area contributed by atoms with Gasteiger partial charge in [-0.05, 0) is 35.4 Å². The van der Waals surface area contributed by atoms with Crippen LogP contribution in [0.25, 0.3) is 11.1 Å². The highest BCUT2D eigenvalue weighted by Crippen LogP contribution is 2.42. The molecule has 0 atom stereocenters. The van der Waals surface area contributed by atoms with Gasteiger partial charge < -0.3 is 0 Å². The van der Waals surface area contributed by atoms with Gasteiger partial charge in [-0.1, -0.05) is 40.9 Å². The molecule has 0 saturated carbocycles. The lowest BCUT2D eigenvalue weighted by molar-refractivity contribution is -0.137. The van der Waals surface area contributed by atoms with E-state index in [4.69, 9.17) is 46.4 Å². The molecule has 21 heavy (non-hydrogen) atoms. The number of alkyl halides is 4. The van der Waals surface area contributed by atoms with E-state index in [1.54, 1.807) is 0 Å². The molecular formula is C14H7Cl4F3. The Balaban J connectivity index is 2.68. The Kier molecular flexibility index (Phi) is 4.99. The summed E-state index contributed by atoms with van der Waals surface area (Å²) in [7, 11) is 0. The van der Waals surface area contributed by atoms with Gasteiger partial charge in [0.2, 0.25) is 0 Å². The smallest absolute Gasteiger partial charge is 0.166 e. The van der Waals surface area contributed by atoms with Crippen LogP contribution in [0, 0.1) is 0 Å². The van der Waals surface area contributed by atoms with Crippen molar-refractivity contribution >= 4 is 46.4 Å². The van der Waals surface area contributed by atoms with Crippen LogP contribution in [0.3, 0.4) is 0 Å². The molecule has 0 aliphatic carbocycles. The summed E-state index contributed by atoms with van der Waals surface area (Å²) in [5, 5.41) is 0.724. The van der Waals surface area contributed by atoms with Crippen LogP contribution in [-0.2, 0) is 12.1 Å². The normalized spacial score (nSPS) is 11.8. The Bertz CT molecular complexity index is 681. The molecule has 0 amide bonds. The predicted molar refractivity (Wildman–Crippen MR) is 81.5 cm³/mol. The molecule has 0 aliphatic heterocycles. The van der Waals surface area contributed by atoms with Gasteiger partial charge in [-0.2, -0.15) is 13.2 Å². The van der Waals surface area contributed by atoms with E-state index in [1.807, 2.05) is 0 Å². The van der Waals surface area contributed by atoms with Gasteiger partial charge in [0, 0.05) is 11.4 Å². The van der Waals surface area contributed by atoms with Crippen molar-refractivity contribution in [1.29, 1.82) is 0 Å². The molecule has 0 saturated heterocycles. The van der Waals surface area contributed by atoms with Crippen molar-refractivity contribution in [3.05, 3.63) is 56.5 Å². The maximum absolute atomic E-state index is 12.7. The first kappa shape index (κ1) is 16.8. The lowest BCUT2D eigenvalue weighted by Gasteiger charge is -2.15. The maximum Gasteiger partial charge on any atom is 0.416 e. The molecule has 2 aromatic carbocycles. The van der Waals surface area contributed by atoms with Crippen LogP contribution >= 0.6 is 46.4 Å². The standard InChI is InChI=1S/C14H7Cl4F3/c15-6-7-5-8(14(19,20)21)1-2-9(7)12-10(16)3-4-11(17)13(12)18/h1-5H,6H2. The van der Waals surface area contributed by atoms with Crippen LogP contribution in [0.5, 0.6) is 0 Å².